The third kappa shape index (κ3) is 4.35. The standard InChI is InChI=1S/C16H17ClN2O/c1-12(14-3-2-8-18-11-14)9-16(20)19-10-13-4-6-15(17)7-5-13/h2-8,11-12H,9-10H2,1H3,(H,19,20). The van der Waals surface area contributed by atoms with Crippen LogP contribution in [0.25, 0.3) is 0 Å². The van der Waals surface area contributed by atoms with Crippen LogP contribution in [0.2, 0.25) is 5.02 Å². The molecular weight excluding hydrogens is 272 g/mol. The summed E-state index contributed by atoms with van der Waals surface area (Å²) in [5.41, 5.74) is 2.12. The van der Waals surface area contributed by atoms with Gasteiger partial charge in [0.25, 0.3) is 0 Å². The molecule has 2 rings (SSSR count). The minimum absolute atomic E-state index is 0.0382. The predicted octanol–water partition coefficient (Wildman–Crippen LogP) is 3.55. The normalized spacial score (nSPS) is 11.9. The van der Waals surface area contributed by atoms with Crippen LogP contribution in [0.1, 0.15) is 30.4 Å². The van der Waals surface area contributed by atoms with Gasteiger partial charge in [-0.05, 0) is 35.2 Å². The van der Waals surface area contributed by atoms with Gasteiger partial charge in [-0.2, -0.15) is 0 Å². The summed E-state index contributed by atoms with van der Waals surface area (Å²) in [5.74, 6) is 0.199. The lowest BCUT2D eigenvalue weighted by molar-refractivity contribution is -0.121. The van der Waals surface area contributed by atoms with Crippen LogP contribution in [0.3, 0.4) is 0 Å². The highest BCUT2D eigenvalue weighted by Gasteiger charge is 2.10. The number of benzene rings is 1. The van der Waals surface area contributed by atoms with Crippen molar-refractivity contribution < 1.29 is 4.79 Å². The highest BCUT2D eigenvalue weighted by Crippen LogP contribution is 2.17. The minimum Gasteiger partial charge on any atom is -0.352 e. The first kappa shape index (κ1) is 14.5. The molecule has 1 heterocycles. The quantitative estimate of drug-likeness (QED) is 0.914. The molecule has 0 spiro atoms. The highest BCUT2D eigenvalue weighted by atomic mass is 35.5. The molecule has 0 fully saturated rings. The van der Waals surface area contributed by atoms with Crippen LogP contribution >= 0.6 is 11.6 Å². The number of hydrogen-bond acceptors (Lipinski definition) is 2. The van der Waals surface area contributed by atoms with E-state index in [4.69, 9.17) is 11.6 Å². The van der Waals surface area contributed by atoms with E-state index < -0.39 is 0 Å². The molecule has 1 unspecified atom stereocenters. The van der Waals surface area contributed by atoms with E-state index in [1.54, 1.807) is 12.4 Å². The summed E-state index contributed by atoms with van der Waals surface area (Å²) in [6.45, 7) is 2.55. The Labute approximate surface area is 124 Å². The van der Waals surface area contributed by atoms with Gasteiger partial charge in [0.15, 0.2) is 0 Å². The maximum Gasteiger partial charge on any atom is 0.220 e. The fourth-order valence-electron chi connectivity index (χ4n) is 1.94. The number of nitrogens with one attached hydrogen (secondary N) is 1. The van der Waals surface area contributed by atoms with Gasteiger partial charge in [-0.25, -0.2) is 0 Å². The van der Waals surface area contributed by atoms with Crippen molar-refractivity contribution in [3.8, 4) is 0 Å². The van der Waals surface area contributed by atoms with Crippen LogP contribution < -0.4 is 5.32 Å². The molecule has 3 nitrogen and oxygen atoms in total. The third-order valence-corrected chi connectivity index (χ3v) is 3.40. The van der Waals surface area contributed by atoms with Crippen molar-refractivity contribution in [1.82, 2.24) is 10.3 Å². The first-order valence-corrected chi connectivity index (χ1v) is 6.94. The predicted molar refractivity (Wildman–Crippen MR) is 80.6 cm³/mol. The van der Waals surface area contributed by atoms with Gasteiger partial charge in [0.05, 0.1) is 0 Å². The smallest absolute Gasteiger partial charge is 0.220 e. The van der Waals surface area contributed by atoms with Crippen LogP contribution in [-0.4, -0.2) is 10.9 Å². The second kappa shape index (κ2) is 7.06. The molecule has 1 aromatic carbocycles. The summed E-state index contributed by atoms with van der Waals surface area (Å²) < 4.78 is 0. The van der Waals surface area contributed by atoms with Crippen molar-refractivity contribution in [3.63, 3.8) is 0 Å². The van der Waals surface area contributed by atoms with Crippen molar-refractivity contribution in [3.05, 3.63) is 64.9 Å². The molecule has 0 bridgehead atoms. The number of carbonyl (C=O) groups is 1. The summed E-state index contributed by atoms with van der Waals surface area (Å²) in [4.78, 5) is 16.0. The average molecular weight is 289 g/mol. The van der Waals surface area contributed by atoms with Crippen molar-refractivity contribution in [2.45, 2.75) is 25.8 Å². The Bertz CT molecular complexity index is 554. The topological polar surface area (TPSA) is 42.0 Å². The molecule has 1 aromatic heterocycles. The van der Waals surface area contributed by atoms with Crippen LogP contribution in [0, 0.1) is 0 Å². The largest absolute Gasteiger partial charge is 0.352 e. The minimum atomic E-state index is 0.0382. The molecule has 1 N–H and O–H groups in total. The Morgan fingerprint density at radius 3 is 2.70 bits per heavy atom. The zero-order chi connectivity index (χ0) is 14.4. The number of amides is 1. The molecule has 0 saturated carbocycles. The Kier molecular flexibility index (Phi) is 5.13. The number of halogens is 1. The second-order valence-corrected chi connectivity index (χ2v) is 5.23. The van der Waals surface area contributed by atoms with Gasteiger partial charge in [0.2, 0.25) is 5.91 Å². The highest BCUT2D eigenvalue weighted by molar-refractivity contribution is 6.30. The molecular formula is C16H17ClN2O. The van der Waals surface area contributed by atoms with Crippen LogP contribution in [0.15, 0.2) is 48.8 Å². The first-order valence-electron chi connectivity index (χ1n) is 6.56. The number of rotatable bonds is 5. The van der Waals surface area contributed by atoms with E-state index in [-0.39, 0.29) is 11.8 Å². The molecule has 0 saturated heterocycles. The van der Waals surface area contributed by atoms with Gasteiger partial charge < -0.3 is 5.32 Å². The Morgan fingerprint density at radius 1 is 1.30 bits per heavy atom. The number of hydrogen-bond donors (Lipinski definition) is 1. The molecule has 0 radical (unpaired) electrons. The van der Waals surface area contributed by atoms with Gasteiger partial charge in [-0.15, -0.1) is 0 Å². The summed E-state index contributed by atoms with van der Waals surface area (Å²) in [5, 5.41) is 3.62. The van der Waals surface area contributed by atoms with Crippen LogP contribution in [0.4, 0.5) is 0 Å². The van der Waals surface area contributed by atoms with E-state index in [2.05, 4.69) is 10.3 Å². The fourth-order valence-corrected chi connectivity index (χ4v) is 2.06. The number of pyridine rings is 1. The van der Waals surface area contributed by atoms with Gasteiger partial charge in [-0.1, -0.05) is 36.7 Å². The maximum absolute atomic E-state index is 11.9. The molecule has 0 aliphatic heterocycles. The van der Waals surface area contributed by atoms with E-state index in [1.165, 1.54) is 0 Å². The van der Waals surface area contributed by atoms with Crippen molar-refractivity contribution >= 4 is 17.5 Å². The summed E-state index contributed by atoms with van der Waals surface area (Å²) >= 11 is 5.82. The Morgan fingerprint density at radius 2 is 2.05 bits per heavy atom. The van der Waals surface area contributed by atoms with Gasteiger partial charge in [0, 0.05) is 30.4 Å². The van der Waals surface area contributed by atoms with Crippen molar-refractivity contribution in [2.24, 2.45) is 0 Å². The van der Waals surface area contributed by atoms with E-state index in [9.17, 15) is 4.79 Å². The zero-order valence-corrected chi connectivity index (χ0v) is 12.1. The molecule has 4 heteroatoms. The van der Waals surface area contributed by atoms with E-state index >= 15 is 0 Å². The van der Waals surface area contributed by atoms with Crippen LogP contribution in [0.5, 0.6) is 0 Å². The third-order valence-electron chi connectivity index (χ3n) is 3.15. The van der Waals surface area contributed by atoms with Gasteiger partial charge >= 0.3 is 0 Å². The monoisotopic (exact) mass is 288 g/mol. The summed E-state index contributed by atoms with van der Waals surface area (Å²) in [7, 11) is 0. The van der Waals surface area contributed by atoms with E-state index in [0.29, 0.717) is 18.0 Å². The molecule has 0 aliphatic carbocycles. The molecule has 1 atom stereocenters. The lowest BCUT2D eigenvalue weighted by Crippen LogP contribution is -2.24. The number of aromatic nitrogens is 1. The van der Waals surface area contributed by atoms with E-state index in [0.717, 1.165) is 11.1 Å². The van der Waals surface area contributed by atoms with Crippen molar-refractivity contribution in [2.75, 3.05) is 0 Å². The fraction of sp³-hybridized carbons (Fsp3) is 0.250. The Hall–Kier alpha value is -1.87. The second-order valence-electron chi connectivity index (χ2n) is 4.79. The zero-order valence-electron chi connectivity index (χ0n) is 11.3. The maximum atomic E-state index is 11.9. The van der Waals surface area contributed by atoms with Gasteiger partial charge in [0.1, 0.15) is 0 Å². The summed E-state index contributed by atoms with van der Waals surface area (Å²) in [6, 6.07) is 11.3. The SMILES string of the molecule is CC(CC(=O)NCc1ccc(Cl)cc1)c1cccnc1. The molecule has 104 valence electrons. The lowest BCUT2D eigenvalue weighted by Gasteiger charge is -2.11. The average Bonchev–Trinajstić information content (AvgIpc) is 2.47. The van der Waals surface area contributed by atoms with Crippen molar-refractivity contribution in [1.29, 1.82) is 0 Å². The first-order chi connectivity index (χ1) is 9.65. The Balaban J connectivity index is 1.82. The number of carbonyl (C=O) groups excluding carboxylic acids is 1. The molecule has 20 heavy (non-hydrogen) atoms. The molecule has 1 amide bonds. The summed E-state index contributed by atoms with van der Waals surface area (Å²) in [6.07, 6.45) is 3.99. The van der Waals surface area contributed by atoms with E-state index in [1.807, 2.05) is 43.3 Å². The van der Waals surface area contributed by atoms with Gasteiger partial charge in [-0.3, -0.25) is 9.78 Å². The molecule has 0 aliphatic rings. The number of nitrogens with zero attached hydrogens (tertiary/aromatic N) is 1. The van der Waals surface area contributed by atoms with Crippen LogP contribution in [-0.2, 0) is 11.3 Å². The lowest BCUT2D eigenvalue weighted by atomic mass is 9.99. The molecule has 2 aromatic rings.